The second-order valence-electron chi connectivity index (χ2n) is 9.53. The summed E-state index contributed by atoms with van der Waals surface area (Å²) in [6.45, 7) is 0. The van der Waals surface area contributed by atoms with Crippen LogP contribution >= 0.6 is 11.8 Å². The van der Waals surface area contributed by atoms with Gasteiger partial charge in [0.15, 0.2) is 0 Å². The topological polar surface area (TPSA) is 139 Å². The van der Waals surface area contributed by atoms with Crippen LogP contribution in [-0.4, -0.2) is 33.8 Å². The van der Waals surface area contributed by atoms with E-state index in [0.717, 1.165) is 4.90 Å². The molecule has 1 aliphatic rings. The van der Waals surface area contributed by atoms with E-state index in [0.29, 0.717) is 16.3 Å². The molecule has 44 heavy (non-hydrogen) atoms. The lowest BCUT2D eigenvalue weighted by Crippen LogP contribution is -2.31. The third-order valence-electron chi connectivity index (χ3n) is 6.54. The number of amides is 4. The van der Waals surface area contributed by atoms with Crippen LogP contribution in [0.4, 0.5) is 21.5 Å². The van der Waals surface area contributed by atoms with Crippen molar-refractivity contribution in [3.05, 3.63) is 136 Å². The van der Waals surface area contributed by atoms with E-state index in [1.54, 1.807) is 60.7 Å². The van der Waals surface area contributed by atoms with Gasteiger partial charge in [0.05, 0.1) is 21.4 Å². The Bertz CT molecular complexity index is 1780. The number of carbonyl (C=O) groups is 4. The first-order valence-corrected chi connectivity index (χ1v) is 14.1. The highest BCUT2D eigenvalue weighted by atomic mass is 32.2. The maximum atomic E-state index is 13.3. The molecule has 1 fully saturated rings. The van der Waals surface area contributed by atoms with Crippen LogP contribution < -0.4 is 15.5 Å². The summed E-state index contributed by atoms with van der Waals surface area (Å²) >= 11 is 1.18. The highest BCUT2D eigenvalue weighted by molar-refractivity contribution is 8.00. The number of halogens is 1. The fourth-order valence-electron chi connectivity index (χ4n) is 4.41. The first-order valence-electron chi connectivity index (χ1n) is 13.2. The Morgan fingerprint density at radius 1 is 0.909 bits per heavy atom. The lowest BCUT2D eigenvalue weighted by Gasteiger charge is -2.15. The fourth-order valence-corrected chi connectivity index (χ4v) is 5.46. The third-order valence-corrected chi connectivity index (χ3v) is 7.74. The zero-order valence-electron chi connectivity index (χ0n) is 22.8. The summed E-state index contributed by atoms with van der Waals surface area (Å²) in [6, 6.07) is 25.6. The van der Waals surface area contributed by atoms with Gasteiger partial charge >= 0.3 is 0 Å². The molecule has 1 heterocycles. The Hall–Kier alpha value is -5.62. The Balaban J connectivity index is 1.31. The lowest BCUT2D eigenvalue weighted by atomic mass is 10.1. The number of hydrogen-bond donors (Lipinski definition) is 2. The third kappa shape index (κ3) is 6.88. The SMILES string of the molecule is O=C(Nc1ccc(SC2CC(=O)N(c3ccc(F)cc3)C2=O)cc1)/C(=C\c1ccccc1[N+](=O)[O-])NC(=O)c1ccccc1. The van der Waals surface area contributed by atoms with Crippen LogP contribution in [0.1, 0.15) is 22.3 Å². The van der Waals surface area contributed by atoms with Crippen molar-refractivity contribution in [3.8, 4) is 0 Å². The first-order chi connectivity index (χ1) is 21.2. The maximum absolute atomic E-state index is 13.3. The van der Waals surface area contributed by atoms with E-state index in [9.17, 15) is 33.7 Å². The average Bonchev–Trinajstić information content (AvgIpc) is 3.30. The van der Waals surface area contributed by atoms with Gasteiger partial charge < -0.3 is 10.6 Å². The van der Waals surface area contributed by atoms with Gasteiger partial charge in [-0.2, -0.15) is 0 Å². The smallest absolute Gasteiger partial charge is 0.276 e. The van der Waals surface area contributed by atoms with Crippen molar-refractivity contribution in [1.82, 2.24) is 5.32 Å². The summed E-state index contributed by atoms with van der Waals surface area (Å²) in [4.78, 5) is 64.3. The molecule has 2 N–H and O–H groups in total. The normalized spacial score (nSPS) is 14.8. The summed E-state index contributed by atoms with van der Waals surface area (Å²) in [5, 5.41) is 16.1. The molecule has 1 saturated heterocycles. The molecule has 12 heteroatoms. The molecule has 0 aromatic heterocycles. The number of anilines is 2. The highest BCUT2D eigenvalue weighted by Gasteiger charge is 2.40. The first kappa shape index (κ1) is 29.9. The predicted molar refractivity (Wildman–Crippen MR) is 163 cm³/mol. The van der Waals surface area contributed by atoms with Gasteiger partial charge in [0.2, 0.25) is 11.8 Å². The van der Waals surface area contributed by atoms with Crippen molar-refractivity contribution >= 4 is 58.5 Å². The Morgan fingerprint density at radius 2 is 1.57 bits per heavy atom. The summed E-state index contributed by atoms with van der Waals surface area (Å²) in [5.74, 6) is -2.59. The van der Waals surface area contributed by atoms with Crippen molar-refractivity contribution in [2.75, 3.05) is 10.2 Å². The monoisotopic (exact) mass is 610 g/mol. The molecule has 4 amide bonds. The van der Waals surface area contributed by atoms with E-state index in [4.69, 9.17) is 0 Å². The maximum Gasteiger partial charge on any atom is 0.276 e. The number of thioether (sulfide) groups is 1. The molecule has 1 unspecified atom stereocenters. The highest BCUT2D eigenvalue weighted by Crippen LogP contribution is 2.34. The van der Waals surface area contributed by atoms with Crippen molar-refractivity contribution in [3.63, 3.8) is 0 Å². The van der Waals surface area contributed by atoms with E-state index in [2.05, 4.69) is 10.6 Å². The molecule has 1 aliphatic heterocycles. The van der Waals surface area contributed by atoms with Crippen LogP contribution in [0, 0.1) is 15.9 Å². The molecule has 10 nitrogen and oxygen atoms in total. The minimum absolute atomic E-state index is 0.0275. The summed E-state index contributed by atoms with van der Waals surface area (Å²) in [5.41, 5.74) is 0.588. The van der Waals surface area contributed by atoms with Gasteiger partial charge in [0.1, 0.15) is 11.5 Å². The van der Waals surface area contributed by atoms with Crippen LogP contribution in [0.5, 0.6) is 0 Å². The van der Waals surface area contributed by atoms with Crippen molar-refractivity contribution in [2.45, 2.75) is 16.6 Å². The van der Waals surface area contributed by atoms with Gasteiger partial charge in [-0.05, 0) is 72.8 Å². The molecule has 220 valence electrons. The van der Waals surface area contributed by atoms with Crippen LogP contribution in [-0.2, 0) is 14.4 Å². The summed E-state index contributed by atoms with van der Waals surface area (Å²) in [6.07, 6.45) is 1.20. The summed E-state index contributed by atoms with van der Waals surface area (Å²) < 4.78 is 13.3. The number of rotatable bonds is 9. The zero-order valence-corrected chi connectivity index (χ0v) is 23.6. The van der Waals surface area contributed by atoms with E-state index >= 15 is 0 Å². The van der Waals surface area contributed by atoms with Crippen molar-refractivity contribution in [2.24, 2.45) is 0 Å². The van der Waals surface area contributed by atoms with Gasteiger partial charge in [-0.25, -0.2) is 9.29 Å². The number of nitro groups is 1. The van der Waals surface area contributed by atoms with Crippen LogP contribution in [0.3, 0.4) is 0 Å². The lowest BCUT2D eigenvalue weighted by molar-refractivity contribution is -0.385. The molecule has 0 saturated carbocycles. The molecule has 0 spiro atoms. The van der Waals surface area contributed by atoms with Gasteiger partial charge in [-0.3, -0.25) is 29.3 Å². The second-order valence-corrected chi connectivity index (χ2v) is 10.8. The van der Waals surface area contributed by atoms with Gasteiger partial charge in [0.25, 0.3) is 17.5 Å². The van der Waals surface area contributed by atoms with E-state index in [1.807, 2.05) is 0 Å². The largest absolute Gasteiger partial charge is 0.321 e. The number of imide groups is 1. The molecule has 4 aromatic rings. The quantitative estimate of drug-likeness (QED) is 0.109. The van der Waals surface area contributed by atoms with E-state index in [1.165, 1.54) is 60.3 Å². The van der Waals surface area contributed by atoms with Gasteiger partial charge in [0, 0.05) is 28.6 Å². The molecule has 0 bridgehead atoms. The van der Waals surface area contributed by atoms with Crippen molar-refractivity contribution < 1.29 is 28.5 Å². The standard InChI is InChI=1S/C32H23FN4O6S/c33-22-10-14-24(15-11-22)36-29(38)19-28(32(36)41)44-25-16-12-23(13-17-25)34-31(40)26(35-30(39)20-6-2-1-3-7-20)18-21-8-4-5-9-27(21)37(42)43/h1-18,28H,19H2,(H,34,40)(H,35,39)/b26-18+. The number of carbonyl (C=O) groups excluding carboxylic acids is 4. The molecular formula is C32H23FN4O6S. The Morgan fingerprint density at radius 3 is 2.25 bits per heavy atom. The molecule has 5 rings (SSSR count). The number of para-hydroxylation sites is 1. The molecule has 0 aliphatic carbocycles. The van der Waals surface area contributed by atoms with E-state index < -0.39 is 39.6 Å². The average molecular weight is 611 g/mol. The van der Waals surface area contributed by atoms with Gasteiger partial charge in [-0.15, -0.1) is 11.8 Å². The van der Waals surface area contributed by atoms with Crippen molar-refractivity contribution in [1.29, 1.82) is 0 Å². The van der Waals surface area contributed by atoms with E-state index in [-0.39, 0.29) is 28.9 Å². The Labute approximate surface area is 254 Å². The molecule has 4 aromatic carbocycles. The minimum Gasteiger partial charge on any atom is -0.321 e. The number of nitrogens with zero attached hydrogens (tertiary/aromatic N) is 2. The molecule has 0 radical (unpaired) electrons. The van der Waals surface area contributed by atoms with Crippen LogP contribution in [0.25, 0.3) is 6.08 Å². The van der Waals surface area contributed by atoms with Crippen LogP contribution in [0.15, 0.2) is 114 Å². The fraction of sp³-hybridized carbons (Fsp3) is 0.0625. The number of hydrogen-bond acceptors (Lipinski definition) is 7. The second kappa shape index (κ2) is 13.1. The minimum atomic E-state index is -0.723. The number of nitro benzene ring substituents is 1. The molecular weight excluding hydrogens is 587 g/mol. The predicted octanol–water partition coefficient (Wildman–Crippen LogP) is 5.57. The Kier molecular flexibility index (Phi) is 8.91. The molecule has 1 atom stereocenters. The summed E-state index contributed by atoms with van der Waals surface area (Å²) in [7, 11) is 0. The number of nitrogens with one attached hydrogen (secondary N) is 2. The van der Waals surface area contributed by atoms with Gasteiger partial charge in [-0.1, -0.05) is 30.3 Å². The number of benzene rings is 4. The van der Waals surface area contributed by atoms with Crippen LogP contribution in [0.2, 0.25) is 0 Å². The zero-order chi connectivity index (χ0) is 31.2.